The van der Waals surface area contributed by atoms with Gasteiger partial charge in [-0.25, -0.2) is 9.59 Å². The van der Waals surface area contributed by atoms with Crippen molar-refractivity contribution in [3.8, 4) is 131 Å². The third-order valence-electron chi connectivity index (χ3n) is 2.56. The summed E-state index contributed by atoms with van der Waals surface area (Å²) < 4.78 is 24.2. The summed E-state index contributed by atoms with van der Waals surface area (Å²) in [7, 11) is -5.40. The van der Waals surface area contributed by atoms with E-state index >= 15 is 0 Å². The summed E-state index contributed by atoms with van der Waals surface area (Å²) in [6, 6.07) is 0. The molecule has 0 aliphatic carbocycles. The van der Waals surface area contributed by atoms with Crippen molar-refractivity contribution in [3.05, 3.63) is 0 Å². The van der Waals surface area contributed by atoms with Crippen molar-refractivity contribution in [1.29, 1.82) is 0 Å². The average Bonchev–Trinajstić information content (AvgIpc) is 2.85. The zero-order chi connectivity index (χ0) is 27.6. The number of rotatable bonds is 6. The second-order valence-electron chi connectivity index (χ2n) is 5.14. The Balaban J connectivity index is -0.0000000216. The third kappa shape index (κ3) is 32.2. The van der Waals surface area contributed by atoms with Crippen molar-refractivity contribution < 1.29 is 128 Å². The van der Waals surface area contributed by atoms with E-state index in [9.17, 15) is 23.9 Å². The molecule has 0 heterocycles. The molecule has 12 heteroatoms. The minimum Gasteiger partial charge on any atom is -0.790 e. The van der Waals surface area contributed by atoms with E-state index in [4.69, 9.17) is 15.9 Å². The molecule has 0 unspecified atom stereocenters. The number of ether oxygens (including phenoxy) is 2. The predicted molar refractivity (Wildman–Crippen MR) is 178 cm³/mol. The Hall–Kier alpha value is -3.83. The zero-order valence-corrected chi connectivity index (χ0v) is 26.4. The van der Waals surface area contributed by atoms with Crippen LogP contribution in [0.1, 0.15) is 38.3 Å². The molecule has 3 N–H and O–H groups in total. The van der Waals surface area contributed by atoms with Crippen LogP contribution in [-0.2, 0) is 28.2 Å². The first-order chi connectivity index (χ1) is 17.8. The number of phosphoric acid groups is 1. The second kappa shape index (κ2) is 29.7. The van der Waals surface area contributed by atoms with Gasteiger partial charge in [-0.2, -0.15) is 0 Å². The summed E-state index contributed by atoms with van der Waals surface area (Å²) in [5, 5.41) is 0. The Morgan fingerprint density at radius 1 is 0.725 bits per heavy atom. The molecule has 9 nitrogen and oxygen atoms in total. The van der Waals surface area contributed by atoms with E-state index in [1.165, 1.54) is 0 Å². The molecule has 0 fully saturated rings. The molecule has 0 bridgehead atoms. The standard InChI is InChI=1S/C28H11O8P.H3N.2Na.22H2/c1-3-5-7-9-11-12-13-14-15-16-17-19-20-22-27(29)34-24-26(25-35-37(31,32)33)36-28(30)23-21-18-10-8-6-4-2;;;;;;;;;;;;;;;;;;;;;;;;;/h2,26H,24-25H2,1H3,(H2,31,32,33);1H3;;;22*1H/q;;2*+1;;;;;;;;;;;;;;;;;;;;;;/p-2/t26-;;;;;;;;;;;;;;;;;;;;;;;;;/m1........................./s1. The molecule has 0 amide bonds. The first-order valence-electron chi connectivity index (χ1n) is 9.22. The van der Waals surface area contributed by atoms with Crippen molar-refractivity contribution in [1.82, 2.24) is 6.15 Å². The molecule has 0 saturated heterocycles. The molecule has 0 spiro atoms. The second-order valence-corrected chi connectivity index (χ2v) is 6.29. The molecular formula is C28H56NNa2O8P. The fraction of sp³-hybridized carbons (Fsp3) is 0.143. The summed E-state index contributed by atoms with van der Waals surface area (Å²) in [6.45, 7) is 0.00112. The molecule has 40 heavy (non-hydrogen) atoms. The van der Waals surface area contributed by atoms with E-state index in [0.29, 0.717) is 0 Å². The first-order valence-corrected chi connectivity index (χ1v) is 10.7. The van der Waals surface area contributed by atoms with Crippen LogP contribution in [0, 0.1) is 131 Å². The van der Waals surface area contributed by atoms with E-state index in [0.717, 1.165) is 0 Å². The topological polar surface area (TPSA) is 160 Å². The normalized spacial score (nSPS) is 7.25. The quantitative estimate of drug-likeness (QED) is 0.113. The number of carbonyl (C=O) groups excluding carboxylic acids is 2. The SMILES string of the molecule is C#CC#CC#CC#CC(=O)O[C@H](COC(=O)C#CC#CC#CC#CC#CC#CC#CC)COP(=O)([O-])[O-].N.[HH].[HH].[HH].[HH].[HH].[HH].[HH].[HH].[HH].[HH].[HH].[HH].[HH].[HH].[HH].[HH].[HH].[HH].[HH].[HH].[HH].[HH].[Na+].[Na+]. The van der Waals surface area contributed by atoms with E-state index in [2.05, 4.69) is 111 Å². The molecule has 1 atom stereocenters. The molecule has 0 aliphatic heterocycles. The average molecular weight is 612 g/mol. The van der Waals surface area contributed by atoms with Crippen LogP contribution in [0.4, 0.5) is 0 Å². The van der Waals surface area contributed by atoms with Crippen molar-refractivity contribution >= 4 is 19.8 Å². The Morgan fingerprint density at radius 2 is 1.12 bits per heavy atom. The van der Waals surface area contributed by atoms with Gasteiger partial charge >= 0.3 is 71.1 Å². The Bertz CT molecular complexity index is 1700. The van der Waals surface area contributed by atoms with Gasteiger partial charge in [0.05, 0.1) is 14.4 Å². The van der Waals surface area contributed by atoms with Crippen LogP contribution in [0.5, 0.6) is 0 Å². The van der Waals surface area contributed by atoms with Crippen molar-refractivity contribution in [2.45, 2.75) is 13.0 Å². The van der Waals surface area contributed by atoms with Gasteiger partial charge in [-0.1, -0.05) is 5.92 Å². The van der Waals surface area contributed by atoms with Gasteiger partial charge in [-0.3, -0.25) is 0 Å². The minimum atomic E-state index is -5.40. The van der Waals surface area contributed by atoms with Gasteiger partial charge in [0.2, 0.25) is 0 Å². The fourth-order valence-corrected chi connectivity index (χ4v) is 1.69. The number of phosphoric ester groups is 1. The third-order valence-corrected chi connectivity index (χ3v) is 3.02. The van der Waals surface area contributed by atoms with Gasteiger partial charge in [-0.05, 0) is 113 Å². The van der Waals surface area contributed by atoms with Gasteiger partial charge in [0.25, 0.3) is 0 Å². The molecular weight excluding hydrogens is 555 g/mol. The number of carbonyl (C=O) groups is 2. The maximum absolute atomic E-state index is 11.7. The van der Waals surface area contributed by atoms with Gasteiger partial charge in [0.15, 0.2) is 6.10 Å². The van der Waals surface area contributed by atoms with Crippen LogP contribution in [-0.4, -0.2) is 31.3 Å². The molecule has 0 aromatic rings. The zero-order valence-electron chi connectivity index (χ0n) is 21.5. The molecule has 0 saturated carbocycles. The Labute approximate surface area is 310 Å². The smallest absolute Gasteiger partial charge is 0.790 e. The van der Waals surface area contributed by atoms with Crippen LogP contribution in [0.25, 0.3) is 0 Å². The maximum atomic E-state index is 11.7. The monoisotopic (exact) mass is 611 g/mol. The van der Waals surface area contributed by atoms with Gasteiger partial charge in [-0.15, -0.1) is 6.42 Å². The van der Waals surface area contributed by atoms with Crippen LogP contribution in [0.15, 0.2) is 0 Å². The van der Waals surface area contributed by atoms with Crippen molar-refractivity contribution in [2.75, 3.05) is 13.2 Å². The van der Waals surface area contributed by atoms with Gasteiger partial charge < -0.3 is 34.5 Å². The molecule has 0 rings (SSSR count). The number of hydrogen-bond donors (Lipinski definition) is 1. The van der Waals surface area contributed by atoms with E-state index in [-0.39, 0.29) is 96.7 Å². The summed E-state index contributed by atoms with van der Waals surface area (Å²) in [5.41, 5.74) is 0. The Morgan fingerprint density at radius 3 is 1.55 bits per heavy atom. The summed E-state index contributed by atoms with van der Waals surface area (Å²) in [4.78, 5) is 44.6. The fourth-order valence-electron chi connectivity index (χ4n) is 1.35. The van der Waals surface area contributed by atoms with E-state index in [1.54, 1.807) is 6.92 Å². The Kier molecular flexibility index (Phi) is 32.1. The maximum Gasteiger partial charge on any atom is 1.00 e. The van der Waals surface area contributed by atoms with Crippen molar-refractivity contribution in [2.24, 2.45) is 0 Å². The molecule has 0 aromatic heterocycles. The van der Waals surface area contributed by atoms with E-state index < -0.39 is 39.1 Å². The predicted octanol–water partition coefficient (Wildman–Crippen LogP) is -2.44. The van der Waals surface area contributed by atoms with Crippen LogP contribution >= 0.6 is 7.82 Å². The number of esters is 2. The minimum absolute atomic E-state index is 0. The largest absolute Gasteiger partial charge is 1.00 e. The number of terminal acetylenes is 1. The van der Waals surface area contributed by atoms with Crippen LogP contribution < -0.4 is 75.1 Å². The van der Waals surface area contributed by atoms with Gasteiger partial charge in [0, 0.05) is 43.2 Å². The molecule has 228 valence electrons. The van der Waals surface area contributed by atoms with Crippen LogP contribution in [0.3, 0.4) is 0 Å². The summed E-state index contributed by atoms with van der Waals surface area (Å²) >= 11 is 0. The molecule has 0 aromatic carbocycles. The summed E-state index contributed by atoms with van der Waals surface area (Å²) in [5.74, 6) is 45.7. The molecule has 0 radical (unpaired) electrons. The number of hydrogen-bond acceptors (Lipinski definition) is 9. The van der Waals surface area contributed by atoms with Gasteiger partial charge in [0.1, 0.15) is 6.61 Å². The first kappa shape index (κ1) is 43.2. The summed E-state index contributed by atoms with van der Waals surface area (Å²) in [6.07, 6.45) is 3.39. The van der Waals surface area contributed by atoms with E-state index in [1.807, 2.05) is 17.8 Å². The van der Waals surface area contributed by atoms with Crippen molar-refractivity contribution in [3.63, 3.8) is 0 Å². The molecule has 0 aliphatic rings. The van der Waals surface area contributed by atoms with Crippen LogP contribution in [0.2, 0.25) is 0 Å².